The molecule has 1 N–H and O–H groups in total. The van der Waals surface area contributed by atoms with Crippen molar-refractivity contribution < 1.29 is 19.1 Å². The highest BCUT2D eigenvalue weighted by Crippen LogP contribution is 2.29. The standard InChI is InChI=1S/C17H23NO5S/c1-3-5-6-7-8-9-10-22-17-18-14-12(16(21)23-17)11(4-2)13(24-14)15(19)20/h3-10H2,1-2H3,(H,19,20). The van der Waals surface area contributed by atoms with Crippen LogP contribution < -0.4 is 10.4 Å². The van der Waals surface area contributed by atoms with Crippen LogP contribution in [-0.2, 0) is 6.42 Å². The predicted molar refractivity (Wildman–Crippen MR) is 93.4 cm³/mol. The van der Waals surface area contributed by atoms with Crippen molar-refractivity contribution in [3.63, 3.8) is 0 Å². The van der Waals surface area contributed by atoms with Gasteiger partial charge in [0.05, 0.1) is 6.61 Å². The highest BCUT2D eigenvalue weighted by atomic mass is 32.1. The van der Waals surface area contributed by atoms with E-state index in [4.69, 9.17) is 9.15 Å². The smallest absolute Gasteiger partial charge is 0.397 e. The first kappa shape index (κ1) is 18.4. The lowest BCUT2D eigenvalue weighted by molar-refractivity contribution is 0.0701. The molecular weight excluding hydrogens is 330 g/mol. The third kappa shape index (κ3) is 4.35. The van der Waals surface area contributed by atoms with Crippen molar-refractivity contribution in [2.75, 3.05) is 6.61 Å². The fourth-order valence-corrected chi connectivity index (χ4v) is 3.67. The van der Waals surface area contributed by atoms with Gasteiger partial charge in [-0.25, -0.2) is 9.59 Å². The second-order valence-corrected chi connectivity index (χ2v) is 6.63. The van der Waals surface area contributed by atoms with Crippen molar-refractivity contribution in [1.82, 2.24) is 4.98 Å². The van der Waals surface area contributed by atoms with E-state index in [-0.39, 0.29) is 16.3 Å². The van der Waals surface area contributed by atoms with E-state index in [9.17, 15) is 14.7 Å². The predicted octanol–water partition coefficient (Wildman–Crippen LogP) is 4.25. The largest absolute Gasteiger partial charge is 0.477 e. The Balaban J connectivity index is 2.05. The van der Waals surface area contributed by atoms with E-state index in [1.54, 1.807) is 6.92 Å². The summed E-state index contributed by atoms with van der Waals surface area (Å²) in [7, 11) is 0. The third-order valence-electron chi connectivity index (χ3n) is 3.84. The second-order valence-electron chi connectivity index (χ2n) is 5.63. The SMILES string of the molecule is CCCCCCCCOc1nc2sc(C(=O)O)c(CC)c2c(=O)o1. The zero-order valence-electron chi connectivity index (χ0n) is 14.1. The van der Waals surface area contributed by atoms with Crippen LogP contribution in [0.4, 0.5) is 0 Å². The average molecular weight is 353 g/mol. The molecular formula is C17H23NO5S. The number of carboxylic acid groups (broad SMARTS) is 1. The number of hydrogen-bond donors (Lipinski definition) is 1. The maximum Gasteiger partial charge on any atom is 0.397 e. The molecule has 2 rings (SSSR count). The van der Waals surface area contributed by atoms with Crippen LogP contribution in [0.25, 0.3) is 10.2 Å². The number of rotatable bonds is 10. The van der Waals surface area contributed by atoms with Crippen LogP contribution in [0.1, 0.15) is 67.6 Å². The first-order chi connectivity index (χ1) is 11.6. The normalized spacial score (nSPS) is 11.1. The molecule has 0 bridgehead atoms. The van der Waals surface area contributed by atoms with Crippen molar-refractivity contribution >= 4 is 27.5 Å². The first-order valence-corrected chi connectivity index (χ1v) is 9.22. The van der Waals surface area contributed by atoms with E-state index < -0.39 is 11.6 Å². The third-order valence-corrected chi connectivity index (χ3v) is 4.95. The van der Waals surface area contributed by atoms with Gasteiger partial charge in [-0.3, -0.25) is 0 Å². The first-order valence-electron chi connectivity index (χ1n) is 8.41. The lowest BCUT2D eigenvalue weighted by atomic mass is 10.1. The molecule has 2 aromatic heterocycles. The highest BCUT2D eigenvalue weighted by molar-refractivity contribution is 7.20. The van der Waals surface area contributed by atoms with Crippen LogP contribution >= 0.6 is 11.3 Å². The summed E-state index contributed by atoms with van der Waals surface area (Å²) in [5.41, 5.74) is -0.107. The molecule has 6 nitrogen and oxygen atoms in total. The molecule has 24 heavy (non-hydrogen) atoms. The minimum absolute atomic E-state index is 0.0816. The highest BCUT2D eigenvalue weighted by Gasteiger charge is 2.21. The quantitative estimate of drug-likeness (QED) is 0.642. The van der Waals surface area contributed by atoms with E-state index in [1.807, 2.05) is 0 Å². The molecule has 2 aromatic rings. The molecule has 2 heterocycles. The molecule has 7 heteroatoms. The minimum atomic E-state index is -1.05. The van der Waals surface area contributed by atoms with Gasteiger partial charge >= 0.3 is 17.7 Å². The van der Waals surface area contributed by atoms with Crippen LogP contribution in [0.15, 0.2) is 9.21 Å². The number of nitrogens with zero attached hydrogens (tertiary/aromatic N) is 1. The van der Waals surface area contributed by atoms with Crippen LogP contribution in [-0.4, -0.2) is 22.7 Å². The molecule has 0 aromatic carbocycles. The maximum atomic E-state index is 12.1. The van der Waals surface area contributed by atoms with Gasteiger partial charge in [0.15, 0.2) is 0 Å². The molecule has 0 saturated heterocycles. The van der Waals surface area contributed by atoms with E-state index >= 15 is 0 Å². The maximum absolute atomic E-state index is 12.1. The van der Waals surface area contributed by atoms with Crippen molar-refractivity contribution in [2.45, 2.75) is 58.8 Å². The number of aromatic carboxylic acids is 1. The summed E-state index contributed by atoms with van der Waals surface area (Å²) in [4.78, 5) is 28.1. The summed E-state index contributed by atoms with van der Waals surface area (Å²) in [6, 6.07) is 0. The number of thiophene rings is 1. The zero-order chi connectivity index (χ0) is 17.5. The monoisotopic (exact) mass is 353 g/mol. The van der Waals surface area contributed by atoms with Crippen LogP contribution in [0.3, 0.4) is 0 Å². The molecule has 0 spiro atoms. The van der Waals surface area contributed by atoms with Crippen molar-refractivity contribution in [2.24, 2.45) is 0 Å². The van der Waals surface area contributed by atoms with Crippen LogP contribution in [0, 0.1) is 0 Å². The van der Waals surface area contributed by atoms with Gasteiger partial charge in [-0.05, 0) is 18.4 Å². The van der Waals surface area contributed by atoms with E-state index in [0.29, 0.717) is 23.4 Å². The molecule has 0 fully saturated rings. The topological polar surface area (TPSA) is 89.6 Å². The summed E-state index contributed by atoms with van der Waals surface area (Å²) in [6.45, 7) is 4.42. The molecule has 0 unspecified atom stereocenters. The van der Waals surface area contributed by atoms with Gasteiger partial charge in [-0.15, -0.1) is 11.3 Å². The molecule has 132 valence electrons. The summed E-state index contributed by atoms with van der Waals surface area (Å²) in [5.74, 6) is -1.05. The number of ether oxygens (including phenoxy) is 1. The number of fused-ring (bicyclic) bond motifs is 1. The number of aromatic nitrogens is 1. The lowest BCUT2D eigenvalue weighted by Crippen LogP contribution is -2.07. The molecule has 0 aliphatic heterocycles. The fourth-order valence-electron chi connectivity index (χ4n) is 2.59. The Morgan fingerprint density at radius 2 is 1.92 bits per heavy atom. The number of aryl methyl sites for hydroxylation is 1. The summed E-state index contributed by atoms with van der Waals surface area (Å²) < 4.78 is 10.5. The molecule has 0 atom stereocenters. The average Bonchev–Trinajstić information content (AvgIpc) is 2.93. The number of hydrogen-bond acceptors (Lipinski definition) is 6. The lowest BCUT2D eigenvalue weighted by Gasteiger charge is -2.03. The van der Waals surface area contributed by atoms with Crippen LogP contribution in [0.2, 0.25) is 0 Å². The van der Waals surface area contributed by atoms with Gasteiger partial charge in [0.1, 0.15) is 15.1 Å². The minimum Gasteiger partial charge on any atom is -0.477 e. The Morgan fingerprint density at radius 3 is 2.58 bits per heavy atom. The summed E-state index contributed by atoms with van der Waals surface area (Å²) >= 11 is 0.987. The molecule has 0 aliphatic rings. The zero-order valence-corrected chi connectivity index (χ0v) is 14.9. The number of carboxylic acids is 1. The Morgan fingerprint density at radius 1 is 1.21 bits per heavy atom. The van der Waals surface area contributed by atoms with E-state index in [2.05, 4.69) is 11.9 Å². The van der Waals surface area contributed by atoms with Crippen molar-refractivity contribution in [3.8, 4) is 6.08 Å². The Labute approximate surface area is 144 Å². The fraction of sp³-hybridized carbons (Fsp3) is 0.588. The number of unbranched alkanes of at least 4 members (excludes halogenated alkanes) is 5. The van der Waals surface area contributed by atoms with E-state index in [0.717, 1.165) is 24.2 Å². The van der Waals surface area contributed by atoms with Gasteiger partial charge in [0.25, 0.3) is 0 Å². The van der Waals surface area contributed by atoms with Crippen molar-refractivity contribution in [3.05, 3.63) is 20.9 Å². The van der Waals surface area contributed by atoms with Gasteiger partial charge in [0.2, 0.25) is 0 Å². The molecule has 0 amide bonds. The Bertz CT molecular complexity index is 749. The van der Waals surface area contributed by atoms with Crippen molar-refractivity contribution in [1.29, 1.82) is 0 Å². The van der Waals surface area contributed by atoms with Crippen LogP contribution in [0.5, 0.6) is 6.08 Å². The van der Waals surface area contributed by atoms with Gasteiger partial charge in [0, 0.05) is 0 Å². The van der Waals surface area contributed by atoms with Gasteiger partial charge in [-0.1, -0.05) is 46.0 Å². The second kappa shape index (κ2) is 8.82. The Hall–Kier alpha value is -1.89. The summed E-state index contributed by atoms with van der Waals surface area (Å²) in [5, 5.41) is 9.50. The number of carbonyl (C=O) groups is 1. The molecule has 0 aliphatic carbocycles. The Kier molecular flexibility index (Phi) is 6.78. The molecule has 0 radical (unpaired) electrons. The van der Waals surface area contributed by atoms with Gasteiger partial charge in [-0.2, -0.15) is 4.98 Å². The summed E-state index contributed by atoms with van der Waals surface area (Å²) in [6.07, 6.45) is 7.15. The molecule has 0 saturated carbocycles. The van der Waals surface area contributed by atoms with Gasteiger partial charge < -0.3 is 14.3 Å². The van der Waals surface area contributed by atoms with E-state index in [1.165, 1.54) is 25.7 Å².